The number of fused-ring (bicyclic) bond motifs is 2. The predicted octanol–water partition coefficient (Wildman–Crippen LogP) is 3.48. The highest BCUT2D eigenvalue weighted by atomic mass is 16.5. The summed E-state index contributed by atoms with van der Waals surface area (Å²) in [7, 11) is 0. The zero-order valence-electron chi connectivity index (χ0n) is 28.3. The fourth-order valence-corrected chi connectivity index (χ4v) is 7.48. The number of carboxylic acids is 1. The second-order valence-electron chi connectivity index (χ2n) is 13.4. The van der Waals surface area contributed by atoms with E-state index in [2.05, 4.69) is 53.1 Å². The summed E-state index contributed by atoms with van der Waals surface area (Å²) in [5, 5.41) is 27.9. The summed E-state index contributed by atoms with van der Waals surface area (Å²) in [5.41, 5.74) is 11.9. The number of aliphatic carboxylic acids is 1. The zero-order valence-corrected chi connectivity index (χ0v) is 28.3. The van der Waals surface area contributed by atoms with Crippen LogP contribution in [-0.4, -0.2) is 112 Å². The molecule has 3 saturated heterocycles. The van der Waals surface area contributed by atoms with Crippen molar-refractivity contribution in [2.45, 2.75) is 44.2 Å². The minimum absolute atomic E-state index is 0.0935. The molecular formula is C37H45N9O4. The van der Waals surface area contributed by atoms with Crippen LogP contribution in [0.15, 0.2) is 67.0 Å². The lowest BCUT2D eigenvalue weighted by Gasteiger charge is -2.43. The van der Waals surface area contributed by atoms with E-state index < -0.39 is 5.97 Å². The number of aromatic nitrogens is 4. The van der Waals surface area contributed by atoms with Gasteiger partial charge in [-0.2, -0.15) is 0 Å². The van der Waals surface area contributed by atoms with E-state index in [1.165, 1.54) is 5.69 Å². The fraction of sp³-hybridized carbons (Fsp3) is 0.432. The van der Waals surface area contributed by atoms with E-state index >= 15 is 0 Å². The first-order valence-electron chi connectivity index (χ1n) is 17.5. The topological polar surface area (TPSA) is 157 Å². The van der Waals surface area contributed by atoms with Crippen molar-refractivity contribution in [2.75, 3.05) is 79.5 Å². The predicted molar refractivity (Wildman–Crippen MR) is 193 cm³/mol. The molecule has 2 unspecified atom stereocenters. The third-order valence-corrected chi connectivity index (χ3v) is 10.0. The average molecular weight is 680 g/mol. The number of carbonyl (C=O) groups is 1. The van der Waals surface area contributed by atoms with Crippen molar-refractivity contribution in [1.82, 2.24) is 25.1 Å². The van der Waals surface area contributed by atoms with E-state index in [4.69, 9.17) is 15.6 Å². The molecule has 0 amide bonds. The zero-order chi connectivity index (χ0) is 34.5. The summed E-state index contributed by atoms with van der Waals surface area (Å²) in [6.07, 6.45) is 8.62. The first kappa shape index (κ1) is 33.5. The molecule has 3 aliphatic heterocycles. The Labute approximate surface area is 292 Å². The summed E-state index contributed by atoms with van der Waals surface area (Å²) in [6.45, 7) is 6.09. The van der Waals surface area contributed by atoms with Crippen LogP contribution in [0.1, 0.15) is 30.5 Å². The van der Waals surface area contributed by atoms with Crippen molar-refractivity contribution in [3.05, 3.63) is 78.2 Å². The Balaban J connectivity index is 0.865. The first-order valence-corrected chi connectivity index (χ1v) is 17.5. The van der Waals surface area contributed by atoms with Gasteiger partial charge in [-0.1, -0.05) is 18.2 Å². The van der Waals surface area contributed by atoms with Gasteiger partial charge in [-0.15, -0.1) is 10.2 Å². The van der Waals surface area contributed by atoms with Crippen LogP contribution < -0.4 is 20.4 Å². The Morgan fingerprint density at radius 2 is 1.70 bits per heavy atom. The molecule has 2 bridgehead atoms. The number of rotatable bonds is 13. The molecule has 7 rings (SSSR count). The van der Waals surface area contributed by atoms with Crippen molar-refractivity contribution in [1.29, 1.82) is 0 Å². The normalized spacial score (nSPS) is 19.2. The lowest BCUT2D eigenvalue weighted by Crippen LogP contribution is -2.54. The molecule has 6 heterocycles. The molecule has 3 aliphatic rings. The fourth-order valence-electron chi connectivity index (χ4n) is 7.48. The average Bonchev–Trinajstić information content (AvgIpc) is 3.39. The number of aryl methyl sites for hydroxylation is 1. The highest BCUT2D eigenvalue weighted by Crippen LogP contribution is 2.39. The molecule has 0 aliphatic carbocycles. The van der Waals surface area contributed by atoms with Gasteiger partial charge >= 0.3 is 5.97 Å². The number of piperazine rings is 2. The Kier molecular flexibility index (Phi) is 10.2. The largest absolute Gasteiger partial charge is 0.507 e. The lowest BCUT2D eigenvalue weighted by atomic mass is 10.1. The van der Waals surface area contributed by atoms with Crippen LogP contribution in [0.25, 0.3) is 11.3 Å². The van der Waals surface area contributed by atoms with E-state index in [0.29, 0.717) is 42.4 Å². The molecule has 3 fully saturated rings. The van der Waals surface area contributed by atoms with Gasteiger partial charge in [0.1, 0.15) is 11.6 Å². The summed E-state index contributed by atoms with van der Waals surface area (Å²) in [5.74, 6) is 0.730. The number of phenolic OH excluding ortho intramolecular Hbond substituents is 1. The van der Waals surface area contributed by atoms with E-state index in [1.54, 1.807) is 12.1 Å². The summed E-state index contributed by atoms with van der Waals surface area (Å²) in [4.78, 5) is 29.3. The highest BCUT2D eigenvalue weighted by molar-refractivity contribution is 5.74. The molecule has 3 aromatic heterocycles. The van der Waals surface area contributed by atoms with Gasteiger partial charge in [-0.25, -0.2) is 4.98 Å². The number of nitrogens with zero attached hydrogens (tertiary/aromatic N) is 8. The van der Waals surface area contributed by atoms with Crippen molar-refractivity contribution < 1.29 is 19.7 Å². The standard InChI is InChI=1S/C37H45N9O4/c38-37-33(21-32(41-42-37)31-5-1-2-6-34(31)47)45-23-29-8-9-30(24-45)46(29)28-11-13-39-27(20-28)4-3-18-50-19-12-26-7-10-35(40-22-26)44-16-14-43(15-17-44)25-36(48)49/h1-2,5-7,10-11,13,20-22,29-30,47H,3-4,8-9,12,14-19,23-25H2,(H2,38,42)(H,48,49). The van der Waals surface area contributed by atoms with Crippen LogP contribution in [-0.2, 0) is 22.4 Å². The Morgan fingerprint density at radius 1 is 0.900 bits per heavy atom. The highest BCUT2D eigenvalue weighted by Gasteiger charge is 2.40. The number of aromatic hydroxyl groups is 1. The van der Waals surface area contributed by atoms with E-state index in [9.17, 15) is 9.90 Å². The van der Waals surface area contributed by atoms with Crippen LogP contribution in [0.5, 0.6) is 5.75 Å². The van der Waals surface area contributed by atoms with Crippen LogP contribution in [0.4, 0.5) is 23.0 Å². The Hall–Kier alpha value is -5.01. The van der Waals surface area contributed by atoms with Gasteiger partial charge in [0.25, 0.3) is 0 Å². The first-order chi connectivity index (χ1) is 24.4. The molecule has 50 heavy (non-hydrogen) atoms. The maximum atomic E-state index is 11.0. The van der Waals surface area contributed by atoms with E-state index in [1.807, 2.05) is 41.6 Å². The monoisotopic (exact) mass is 679 g/mol. The minimum Gasteiger partial charge on any atom is -0.507 e. The molecule has 262 valence electrons. The van der Waals surface area contributed by atoms with Crippen molar-refractivity contribution in [3.63, 3.8) is 0 Å². The molecule has 4 N–H and O–H groups in total. The van der Waals surface area contributed by atoms with Gasteiger partial charge in [0.05, 0.1) is 24.5 Å². The number of pyridine rings is 2. The SMILES string of the molecule is Nc1nnc(-c2ccccc2O)cc1N1CC2CCC(C1)N2c1ccnc(CCCOCCc2ccc(N3CCN(CC(=O)O)CC3)nc2)c1. The van der Waals surface area contributed by atoms with Gasteiger partial charge in [0.15, 0.2) is 5.82 Å². The van der Waals surface area contributed by atoms with Gasteiger partial charge in [0.2, 0.25) is 0 Å². The second kappa shape index (κ2) is 15.3. The number of hydrogen-bond acceptors (Lipinski definition) is 12. The summed E-state index contributed by atoms with van der Waals surface area (Å²) in [6, 6.07) is 18.3. The molecule has 4 aromatic rings. The van der Waals surface area contributed by atoms with E-state index in [-0.39, 0.29) is 12.3 Å². The van der Waals surface area contributed by atoms with Gasteiger partial charge < -0.3 is 35.4 Å². The third kappa shape index (κ3) is 7.74. The van der Waals surface area contributed by atoms with Crippen LogP contribution in [0.3, 0.4) is 0 Å². The maximum absolute atomic E-state index is 11.0. The number of ether oxygens (including phenoxy) is 1. The number of anilines is 4. The molecule has 13 heteroatoms. The van der Waals surface area contributed by atoms with Crippen LogP contribution >= 0.6 is 0 Å². The number of hydrogen-bond donors (Lipinski definition) is 3. The third-order valence-electron chi connectivity index (χ3n) is 10.0. The Morgan fingerprint density at radius 3 is 2.44 bits per heavy atom. The number of carboxylic acid groups (broad SMARTS) is 1. The summed E-state index contributed by atoms with van der Waals surface area (Å²) >= 11 is 0. The molecular weight excluding hydrogens is 634 g/mol. The van der Waals surface area contributed by atoms with Crippen LogP contribution in [0, 0.1) is 0 Å². The van der Waals surface area contributed by atoms with E-state index in [0.717, 1.165) is 94.1 Å². The smallest absolute Gasteiger partial charge is 0.317 e. The summed E-state index contributed by atoms with van der Waals surface area (Å²) < 4.78 is 5.98. The Bertz CT molecular complexity index is 1750. The minimum atomic E-state index is -0.781. The number of phenols is 1. The molecule has 13 nitrogen and oxygen atoms in total. The second-order valence-corrected chi connectivity index (χ2v) is 13.4. The molecule has 0 spiro atoms. The maximum Gasteiger partial charge on any atom is 0.317 e. The van der Waals surface area contributed by atoms with Gasteiger partial charge in [-0.3, -0.25) is 14.7 Å². The molecule has 0 saturated carbocycles. The van der Waals surface area contributed by atoms with Crippen molar-refractivity contribution in [2.24, 2.45) is 0 Å². The molecule has 1 aromatic carbocycles. The lowest BCUT2D eigenvalue weighted by molar-refractivity contribution is -0.138. The van der Waals surface area contributed by atoms with Crippen LogP contribution in [0.2, 0.25) is 0 Å². The number of nitrogens with two attached hydrogens (primary N) is 1. The number of nitrogen functional groups attached to an aromatic ring is 1. The molecule has 2 atom stereocenters. The quantitative estimate of drug-likeness (QED) is 0.177. The number of para-hydroxylation sites is 1. The molecule has 0 radical (unpaired) electrons. The van der Waals surface area contributed by atoms with Crippen molar-refractivity contribution in [3.8, 4) is 17.0 Å². The number of benzene rings is 1. The van der Waals surface area contributed by atoms with Gasteiger partial charge in [0, 0.05) is 87.3 Å². The van der Waals surface area contributed by atoms with Gasteiger partial charge in [-0.05, 0) is 74.1 Å². The van der Waals surface area contributed by atoms with Crippen molar-refractivity contribution >= 4 is 29.0 Å².